The van der Waals surface area contributed by atoms with Crippen LogP contribution in [0.2, 0.25) is 5.02 Å². The highest BCUT2D eigenvalue weighted by Crippen LogP contribution is 2.21. The first-order valence-electron chi connectivity index (χ1n) is 7.10. The molecular formula is C16H12ClF2N3O2S. The normalized spacial score (nSPS) is 11.5. The number of sulfonamides is 1. The van der Waals surface area contributed by atoms with Crippen molar-refractivity contribution in [2.45, 2.75) is 11.4 Å². The Bertz CT molecular complexity index is 984. The van der Waals surface area contributed by atoms with Crippen LogP contribution in [-0.2, 0) is 16.6 Å². The molecule has 0 aliphatic carbocycles. The van der Waals surface area contributed by atoms with Crippen molar-refractivity contribution in [3.8, 4) is 0 Å². The topological polar surface area (TPSA) is 64.0 Å². The quantitative estimate of drug-likeness (QED) is 0.731. The molecule has 3 rings (SSSR count). The van der Waals surface area contributed by atoms with Crippen LogP contribution in [0.1, 0.15) is 5.56 Å². The lowest BCUT2D eigenvalue weighted by molar-refractivity contribution is 0.585. The van der Waals surface area contributed by atoms with Gasteiger partial charge in [-0.2, -0.15) is 5.10 Å². The van der Waals surface area contributed by atoms with E-state index in [0.717, 1.165) is 24.3 Å². The number of benzene rings is 2. The second-order valence-electron chi connectivity index (χ2n) is 5.16. The zero-order valence-corrected chi connectivity index (χ0v) is 14.2. The summed E-state index contributed by atoms with van der Waals surface area (Å²) in [5.74, 6) is -0.960. The molecule has 0 spiro atoms. The van der Waals surface area contributed by atoms with Crippen LogP contribution in [0.25, 0.3) is 0 Å². The van der Waals surface area contributed by atoms with Crippen molar-refractivity contribution in [3.05, 3.63) is 76.9 Å². The predicted molar refractivity (Wildman–Crippen MR) is 89.9 cm³/mol. The van der Waals surface area contributed by atoms with E-state index in [1.54, 1.807) is 6.07 Å². The number of hydrogen-bond acceptors (Lipinski definition) is 3. The SMILES string of the molecule is O=S(=O)(Nc1ccn(Cc2c(F)cccc2Cl)n1)c1ccc(F)cc1. The standard InChI is InChI=1S/C16H12ClF2N3O2S/c17-14-2-1-3-15(19)13(14)10-22-9-8-16(20-22)21-25(23,24)12-6-4-11(18)5-7-12/h1-9H,10H2,(H,20,21). The first-order valence-corrected chi connectivity index (χ1v) is 8.96. The molecule has 0 saturated carbocycles. The number of hydrogen-bond donors (Lipinski definition) is 1. The van der Waals surface area contributed by atoms with Gasteiger partial charge in [0.1, 0.15) is 11.6 Å². The van der Waals surface area contributed by atoms with E-state index in [4.69, 9.17) is 11.6 Å². The van der Waals surface area contributed by atoms with Crippen molar-refractivity contribution in [1.82, 2.24) is 9.78 Å². The Balaban J connectivity index is 1.79. The molecule has 9 heteroatoms. The van der Waals surface area contributed by atoms with Crippen molar-refractivity contribution in [2.75, 3.05) is 4.72 Å². The predicted octanol–water partition coefficient (Wildman–Crippen LogP) is 3.66. The molecule has 0 aliphatic rings. The fourth-order valence-electron chi connectivity index (χ4n) is 2.16. The summed E-state index contributed by atoms with van der Waals surface area (Å²) in [4.78, 5) is -0.0967. The van der Waals surface area contributed by atoms with E-state index >= 15 is 0 Å². The van der Waals surface area contributed by atoms with Crippen LogP contribution in [-0.4, -0.2) is 18.2 Å². The van der Waals surface area contributed by atoms with E-state index in [1.165, 1.54) is 29.1 Å². The molecule has 0 atom stereocenters. The second kappa shape index (κ2) is 6.81. The summed E-state index contributed by atoms with van der Waals surface area (Å²) in [6.45, 7) is 0.0454. The number of rotatable bonds is 5. The number of halogens is 3. The van der Waals surface area contributed by atoms with Gasteiger partial charge in [-0.25, -0.2) is 17.2 Å². The van der Waals surface area contributed by atoms with Crippen molar-refractivity contribution in [1.29, 1.82) is 0 Å². The molecule has 1 N–H and O–H groups in total. The Morgan fingerprint density at radius 1 is 1.08 bits per heavy atom. The number of nitrogens with one attached hydrogen (secondary N) is 1. The molecular weight excluding hydrogens is 372 g/mol. The number of anilines is 1. The summed E-state index contributed by atoms with van der Waals surface area (Å²) in [5, 5.41) is 4.30. The molecule has 0 bridgehead atoms. The average molecular weight is 384 g/mol. The maximum atomic E-state index is 13.8. The molecule has 130 valence electrons. The van der Waals surface area contributed by atoms with E-state index in [9.17, 15) is 17.2 Å². The van der Waals surface area contributed by atoms with Crippen molar-refractivity contribution < 1.29 is 17.2 Å². The highest BCUT2D eigenvalue weighted by molar-refractivity contribution is 7.92. The highest BCUT2D eigenvalue weighted by Gasteiger charge is 2.16. The van der Waals surface area contributed by atoms with Crippen LogP contribution < -0.4 is 4.72 Å². The van der Waals surface area contributed by atoms with Gasteiger partial charge in [0.2, 0.25) is 0 Å². The molecule has 0 aliphatic heterocycles. The van der Waals surface area contributed by atoms with Gasteiger partial charge in [-0.3, -0.25) is 9.40 Å². The molecule has 1 aromatic heterocycles. The minimum Gasteiger partial charge on any atom is -0.266 e. The molecule has 0 unspecified atom stereocenters. The number of nitrogens with zero attached hydrogens (tertiary/aromatic N) is 2. The largest absolute Gasteiger partial charge is 0.266 e. The summed E-state index contributed by atoms with van der Waals surface area (Å²) < 4.78 is 54.8. The third-order valence-electron chi connectivity index (χ3n) is 3.39. The molecule has 2 aromatic carbocycles. The second-order valence-corrected chi connectivity index (χ2v) is 7.25. The van der Waals surface area contributed by atoms with Crippen LogP contribution in [0.3, 0.4) is 0 Å². The molecule has 0 fully saturated rings. The van der Waals surface area contributed by atoms with Gasteiger partial charge in [0.05, 0.1) is 11.4 Å². The zero-order valence-electron chi connectivity index (χ0n) is 12.7. The summed E-state index contributed by atoms with van der Waals surface area (Å²) in [5.41, 5.74) is 0.250. The summed E-state index contributed by atoms with van der Waals surface area (Å²) >= 11 is 5.96. The first-order chi connectivity index (χ1) is 11.8. The monoisotopic (exact) mass is 383 g/mol. The van der Waals surface area contributed by atoms with E-state index in [0.29, 0.717) is 0 Å². The van der Waals surface area contributed by atoms with Crippen molar-refractivity contribution in [3.63, 3.8) is 0 Å². The van der Waals surface area contributed by atoms with Crippen molar-refractivity contribution in [2.24, 2.45) is 0 Å². The Hall–Kier alpha value is -2.45. The molecule has 0 saturated heterocycles. The lowest BCUT2D eigenvalue weighted by atomic mass is 10.2. The Morgan fingerprint density at radius 3 is 2.48 bits per heavy atom. The van der Waals surface area contributed by atoms with Gasteiger partial charge < -0.3 is 0 Å². The average Bonchev–Trinajstić information content (AvgIpc) is 2.98. The van der Waals surface area contributed by atoms with E-state index in [-0.39, 0.29) is 27.8 Å². The molecule has 25 heavy (non-hydrogen) atoms. The van der Waals surface area contributed by atoms with Gasteiger partial charge in [0, 0.05) is 22.8 Å². The molecule has 3 aromatic rings. The number of aromatic nitrogens is 2. The first kappa shape index (κ1) is 17.4. The summed E-state index contributed by atoms with van der Waals surface area (Å²) in [6.07, 6.45) is 1.49. The van der Waals surface area contributed by atoms with E-state index < -0.39 is 21.7 Å². The molecule has 0 amide bonds. The Labute approximate surface area is 147 Å². The summed E-state index contributed by atoms with van der Waals surface area (Å²) in [6, 6.07) is 10.1. The molecule has 0 radical (unpaired) electrons. The minimum absolute atomic E-state index is 0.0454. The van der Waals surface area contributed by atoms with Gasteiger partial charge in [-0.1, -0.05) is 17.7 Å². The molecule has 5 nitrogen and oxygen atoms in total. The van der Waals surface area contributed by atoms with Crippen LogP contribution in [0.15, 0.2) is 59.6 Å². The fraction of sp³-hybridized carbons (Fsp3) is 0.0625. The van der Waals surface area contributed by atoms with Crippen LogP contribution in [0.5, 0.6) is 0 Å². The van der Waals surface area contributed by atoms with Gasteiger partial charge >= 0.3 is 0 Å². The Kier molecular flexibility index (Phi) is 4.73. The van der Waals surface area contributed by atoms with Crippen LogP contribution in [0.4, 0.5) is 14.6 Å². The van der Waals surface area contributed by atoms with Gasteiger partial charge in [0.15, 0.2) is 5.82 Å². The minimum atomic E-state index is -3.90. The molecule has 1 heterocycles. The maximum absolute atomic E-state index is 13.8. The third-order valence-corrected chi connectivity index (χ3v) is 5.11. The lowest BCUT2D eigenvalue weighted by Crippen LogP contribution is -2.14. The fourth-order valence-corrected chi connectivity index (χ4v) is 3.38. The smallest absolute Gasteiger partial charge is 0.263 e. The van der Waals surface area contributed by atoms with Gasteiger partial charge in [-0.05, 0) is 36.4 Å². The Morgan fingerprint density at radius 2 is 1.80 bits per heavy atom. The van der Waals surface area contributed by atoms with Gasteiger partial charge in [-0.15, -0.1) is 0 Å². The van der Waals surface area contributed by atoms with Crippen molar-refractivity contribution >= 4 is 27.4 Å². The lowest BCUT2D eigenvalue weighted by Gasteiger charge is -2.07. The van der Waals surface area contributed by atoms with E-state index in [1.807, 2.05) is 0 Å². The van der Waals surface area contributed by atoms with Crippen LogP contribution >= 0.6 is 11.6 Å². The summed E-state index contributed by atoms with van der Waals surface area (Å²) in [7, 11) is -3.90. The van der Waals surface area contributed by atoms with E-state index in [2.05, 4.69) is 9.82 Å². The third kappa shape index (κ3) is 3.97. The highest BCUT2D eigenvalue weighted by atomic mass is 35.5. The maximum Gasteiger partial charge on any atom is 0.263 e. The van der Waals surface area contributed by atoms with Crippen LogP contribution in [0, 0.1) is 11.6 Å². The zero-order chi connectivity index (χ0) is 18.0. The van der Waals surface area contributed by atoms with Gasteiger partial charge in [0.25, 0.3) is 10.0 Å².